The third kappa shape index (κ3) is 26.7. The van der Waals surface area contributed by atoms with E-state index in [1.165, 1.54) is 103 Å². The predicted octanol–water partition coefficient (Wildman–Crippen LogP) is 15.8. The van der Waals surface area contributed by atoms with Gasteiger partial charge in [-0.1, -0.05) is 167 Å². The monoisotopic (exact) mass is 896 g/mol. The van der Waals surface area contributed by atoms with E-state index in [0.29, 0.717) is 12.8 Å². The number of unbranched alkanes of at least 4 members (excludes halogenated alkanes) is 17. The molecule has 0 aromatic rings. The van der Waals surface area contributed by atoms with Crippen LogP contribution in [0, 0.1) is 23.2 Å². The Labute approximate surface area is 395 Å². The van der Waals surface area contributed by atoms with Crippen LogP contribution in [0.4, 0.5) is 0 Å². The predicted molar refractivity (Wildman–Crippen MR) is 269 cm³/mol. The van der Waals surface area contributed by atoms with Crippen molar-refractivity contribution < 1.29 is 28.6 Å². The van der Waals surface area contributed by atoms with Crippen molar-refractivity contribution in [3.8, 4) is 0 Å². The summed E-state index contributed by atoms with van der Waals surface area (Å²) in [4.78, 5) is 43.2. The third-order valence-corrected chi connectivity index (χ3v) is 14.3. The minimum Gasteiger partial charge on any atom is -0.466 e. The molecule has 1 saturated carbocycles. The Hall–Kier alpha value is -2.41. The summed E-state index contributed by atoms with van der Waals surface area (Å²) in [5, 5.41) is 0. The number of nitrogens with zero attached hydrogens (tertiary/aromatic N) is 1. The molecule has 5 unspecified atom stereocenters. The zero-order valence-electron chi connectivity index (χ0n) is 42.7. The minimum absolute atomic E-state index is 0.0370. The first-order chi connectivity index (χ1) is 31.2. The van der Waals surface area contributed by atoms with E-state index in [1.807, 2.05) is 0 Å². The van der Waals surface area contributed by atoms with Crippen LogP contribution < -0.4 is 0 Å². The van der Waals surface area contributed by atoms with Gasteiger partial charge in [0.05, 0.1) is 17.9 Å². The molecule has 64 heavy (non-hydrogen) atoms. The fourth-order valence-electron chi connectivity index (χ4n) is 9.70. The summed E-state index contributed by atoms with van der Waals surface area (Å²) in [7, 11) is 2.11. The van der Waals surface area contributed by atoms with E-state index in [-0.39, 0.29) is 54.5 Å². The zero-order valence-corrected chi connectivity index (χ0v) is 42.7. The molecule has 370 valence electrons. The standard InChI is InChI=1S/C57H101NO6/c1-7-11-15-18-20-21-22-23-24-25-26-27-28-29-31-35-38-51(63-55(60)49(36-33-17-13-9-3)37-34-30-19-16-12-8-2)42-47-62-54(59)48-50-40-41-53(52(50)39-32-14-10-4)64-56(61)57(5)43-45-58(6)46-44-57/h14,20-21,23-24,32,49-53H,7-13,15-19,22,25-31,33-48H2,1-6H3/b21-20-,24-23-,32-14-. The Morgan fingerprint density at radius 3 is 1.81 bits per heavy atom. The maximum atomic E-state index is 13.9. The molecule has 0 bridgehead atoms. The molecule has 0 aromatic carbocycles. The number of carbonyl (C=O) groups is 3. The summed E-state index contributed by atoms with van der Waals surface area (Å²) in [6, 6.07) is 0. The lowest BCUT2D eigenvalue weighted by molar-refractivity contribution is -0.165. The van der Waals surface area contributed by atoms with E-state index >= 15 is 0 Å². The van der Waals surface area contributed by atoms with Gasteiger partial charge in [-0.3, -0.25) is 14.4 Å². The summed E-state index contributed by atoms with van der Waals surface area (Å²) in [6.07, 6.45) is 48.1. The molecule has 1 aliphatic carbocycles. The van der Waals surface area contributed by atoms with Crippen LogP contribution in [0.25, 0.3) is 0 Å². The van der Waals surface area contributed by atoms with E-state index in [2.05, 4.69) is 83.0 Å². The van der Waals surface area contributed by atoms with Gasteiger partial charge in [0.25, 0.3) is 0 Å². The minimum atomic E-state index is -0.445. The van der Waals surface area contributed by atoms with Gasteiger partial charge in [-0.05, 0) is 129 Å². The molecule has 2 fully saturated rings. The Morgan fingerprint density at radius 1 is 0.641 bits per heavy atom. The van der Waals surface area contributed by atoms with Gasteiger partial charge in [-0.15, -0.1) is 0 Å². The highest BCUT2D eigenvalue weighted by atomic mass is 16.6. The van der Waals surface area contributed by atoms with Crippen LogP contribution in [0.1, 0.15) is 247 Å². The van der Waals surface area contributed by atoms with Crippen molar-refractivity contribution in [3.63, 3.8) is 0 Å². The fraction of sp³-hybridized carbons (Fsp3) is 0.842. The Bertz CT molecular complexity index is 1270. The summed E-state index contributed by atoms with van der Waals surface area (Å²) >= 11 is 0. The van der Waals surface area contributed by atoms with Crippen molar-refractivity contribution in [1.82, 2.24) is 4.90 Å². The molecule has 0 amide bonds. The first-order valence-corrected chi connectivity index (χ1v) is 27.4. The van der Waals surface area contributed by atoms with Crippen LogP contribution in [0.15, 0.2) is 36.5 Å². The van der Waals surface area contributed by atoms with Crippen LogP contribution in [-0.4, -0.2) is 61.8 Å². The van der Waals surface area contributed by atoms with Crippen molar-refractivity contribution >= 4 is 17.9 Å². The Morgan fingerprint density at radius 2 is 1.19 bits per heavy atom. The molecule has 5 atom stereocenters. The molecule has 2 aliphatic rings. The summed E-state index contributed by atoms with van der Waals surface area (Å²) < 4.78 is 18.7. The highest BCUT2D eigenvalue weighted by Crippen LogP contribution is 2.41. The zero-order chi connectivity index (χ0) is 46.5. The van der Waals surface area contributed by atoms with Gasteiger partial charge in [-0.2, -0.15) is 0 Å². The lowest BCUT2D eigenvalue weighted by Crippen LogP contribution is -2.43. The summed E-state index contributed by atoms with van der Waals surface area (Å²) in [5.74, 6) is -0.139. The van der Waals surface area contributed by atoms with Crippen LogP contribution in [0.2, 0.25) is 0 Å². The average molecular weight is 896 g/mol. The van der Waals surface area contributed by atoms with Crippen molar-refractivity contribution in [3.05, 3.63) is 36.5 Å². The first kappa shape index (κ1) is 57.7. The summed E-state index contributed by atoms with van der Waals surface area (Å²) in [6.45, 7) is 13.0. The lowest BCUT2D eigenvalue weighted by atomic mass is 9.80. The molecule has 7 nitrogen and oxygen atoms in total. The molecule has 0 N–H and O–H groups in total. The molecular weight excluding hydrogens is 795 g/mol. The Kier molecular flexibility index (Phi) is 34.0. The highest BCUT2D eigenvalue weighted by molar-refractivity contribution is 5.77. The smallest absolute Gasteiger partial charge is 0.312 e. The Balaban J connectivity index is 1.95. The SMILES string of the molecule is CC/C=C\CC1C(CC(=O)OCCC(CCCCCCCC/C=C\C/C=C\CCCCC)OC(=O)C(CCCCCC)CCCCCCCC)CCC1OC(=O)C1(C)CCN(C)CC1. The van der Waals surface area contributed by atoms with E-state index < -0.39 is 5.41 Å². The molecular formula is C57H101NO6. The van der Waals surface area contributed by atoms with Gasteiger partial charge in [0.1, 0.15) is 12.2 Å². The van der Waals surface area contributed by atoms with E-state index in [1.54, 1.807) is 0 Å². The van der Waals surface area contributed by atoms with Crippen molar-refractivity contribution in [2.24, 2.45) is 23.2 Å². The van der Waals surface area contributed by atoms with E-state index in [0.717, 1.165) is 109 Å². The molecule has 7 heteroatoms. The number of hydrogen-bond donors (Lipinski definition) is 0. The number of allylic oxidation sites excluding steroid dienone is 6. The van der Waals surface area contributed by atoms with Crippen molar-refractivity contribution in [2.75, 3.05) is 26.7 Å². The largest absolute Gasteiger partial charge is 0.466 e. The number of carbonyl (C=O) groups excluding carboxylic acids is 3. The van der Waals surface area contributed by atoms with Crippen LogP contribution in [-0.2, 0) is 28.6 Å². The fourth-order valence-corrected chi connectivity index (χ4v) is 9.70. The highest BCUT2D eigenvalue weighted by Gasteiger charge is 2.43. The first-order valence-electron chi connectivity index (χ1n) is 27.4. The summed E-state index contributed by atoms with van der Waals surface area (Å²) in [5.41, 5.74) is -0.445. The number of piperidine rings is 1. The van der Waals surface area contributed by atoms with Gasteiger partial charge in [0, 0.05) is 18.8 Å². The van der Waals surface area contributed by atoms with E-state index in [9.17, 15) is 14.4 Å². The van der Waals surface area contributed by atoms with Crippen molar-refractivity contribution in [2.45, 2.75) is 259 Å². The van der Waals surface area contributed by atoms with Crippen molar-refractivity contribution in [1.29, 1.82) is 0 Å². The third-order valence-electron chi connectivity index (χ3n) is 14.3. The van der Waals surface area contributed by atoms with E-state index in [4.69, 9.17) is 14.2 Å². The number of esters is 3. The van der Waals surface area contributed by atoms with Gasteiger partial charge in [0.2, 0.25) is 0 Å². The molecule has 0 radical (unpaired) electrons. The maximum absolute atomic E-state index is 13.9. The molecule has 1 aliphatic heterocycles. The molecule has 1 saturated heterocycles. The second-order valence-corrected chi connectivity index (χ2v) is 20.2. The normalized spacial score (nSPS) is 20.1. The lowest BCUT2D eigenvalue weighted by Gasteiger charge is -2.37. The number of ether oxygens (including phenoxy) is 3. The number of rotatable bonds is 39. The van der Waals surface area contributed by atoms with Gasteiger partial charge in [0.15, 0.2) is 0 Å². The molecule has 1 heterocycles. The number of hydrogen-bond acceptors (Lipinski definition) is 7. The van der Waals surface area contributed by atoms with Gasteiger partial charge in [-0.25, -0.2) is 0 Å². The van der Waals surface area contributed by atoms with Gasteiger partial charge >= 0.3 is 17.9 Å². The second-order valence-electron chi connectivity index (χ2n) is 20.2. The number of likely N-dealkylation sites (tertiary alicyclic amines) is 1. The molecule has 2 rings (SSSR count). The van der Waals surface area contributed by atoms with Crippen LogP contribution >= 0.6 is 0 Å². The molecule has 0 aromatic heterocycles. The second kappa shape index (κ2) is 37.7. The molecule has 0 spiro atoms. The van der Waals surface area contributed by atoms with Gasteiger partial charge < -0.3 is 19.1 Å². The maximum Gasteiger partial charge on any atom is 0.312 e. The quantitative estimate of drug-likeness (QED) is 0.0263. The topological polar surface area (TPSA) is 82.1 Å². The van der Waals surface area contributed by atoms with Crippen LogP contribution in [0.5, 0.6) is 0 Å². The average Bonchev–Trinajstić information content (AvgIpc) is 3.65. The van der Waals surface area contributed by atoms with Crippen LogP contribution in [0.3, 0.4) is 0 Å².